The number of imide groups is 1. The minimum Gasteiger partial charge on any atom is -0.493 e. The average molecular weight is 502 g/mol. The minimum absolute atomic E-state index is 0.120. The fourth-order valence-electron chi connectivity index (χ4n) is 2.95. The molecule has 0 radical (unpaired) electrons. The number of benzene rings is 2. The molecule has 3 amide bonds. The Kier molecular flexibility index (Phi) is 6.44. The van der Waals surface area contributed by atoms with Crippen LogP contribution in [0.3, 0.4) is 0 Å². The fourth-order valence-corrected chi connectivity index (χ4v) is 3.73. The van der Waals surface area contributed by atoms with Gasteiger partial charge >= 0.3 is 6.03 Å². The Hall–Kier alpha value is -2.99. The highest BCUT2D eigenvalue weighted by atomic mass is 127. The zero-order valence-corrected chi connectivity index (χ0v) is 18.1. The number of rotatable bonds is 6. The summed E-state index contributed by atoms with van der Waals surface area (Å²) in [6.07, 6.45) is 6.87. The number of ether oxygens (including phenoxy) is 2. The van der Waals surface area contributed by atoms with Gasteiger partial charge < -0.3 is 14.8 Å². The summed E-state index contributed by atoms with van der Waals surface area (Å²) in [7, 11) is 1.52. The van der Waals surface area contributed by atoms with E-state index >= 15 is 0 Å². The molecular weight excluding hydrogens is 483 g/mol. The number of hydrogen-bond donors (Lipinski definition) is 1. The summed E-state index contributed by atoms with van der Waals surface area (Å²) >= 11 is 2.11. The number of carbonyl (C=O) groups excluding carboxylic acids is 2. The van der Waals surface area contributed by atoms with Crippen molar-refractivity contribution in [1.82, 2.24) is 10.2 Å². The maximum absolute atomic E-state index is 12.8. The number of nitrogens with one attached hydrogen (secondary N) is 1. The first-order chi connectivity index (χ1) is 13.9. The third-order valence-electron chi connectivity index (χ3n) is 4.25. The van der Waals surface area contributed by atoms with Gasteiger partial charge in [0.05, 0.1) is 17.2 Å². The molecule has 29 heavy (non-hydrogen) atoms. The van der Waals surface area contributed by atoms with Crippen LogP contribution < -0.4 is 14.8 Å². The first kappa shape index (κ1) is 20.7. The van der Waals surface area contributed by atoms with Gasteiger partial charge in [-0.2, -0.15) is 0 Å². The minimum atomic E-state index is -0.446. The van der Waals surface area contributed by atoms with Crippen molar-refractivity contribution in [3.63, 3.8) is 0 Å². The van der Waals surface area contributed by atoms with Crippen LogP contribution in [0.2, 0.25) is 0 Å². The van der Waals surface area contributed by atoms with Crippen LogP contribution in [-0.4, -0.2) is 30.6 Å². The fraction of sp³-hybridized carbons (Fsp3) is 0.182. The predicted octanol–water partition coefficient (Wildman–Crippen LogP) is 3.71. The molecule has 0 spiro atoms. The highest BCUT2D eigenvalue weighted by Gasteiger charge is 2.33. The Morgan fingerprint density at radius 3 is 2.76 bits per heavy atom. The summed E-state index contributed by atoms with van der Waals surface area (Å²) < 4.78 is 11.7. The molecule has 2 aromatic rings. The van der Waals surface area contributed by atoms with Gasteiger partial charge in [0.15, 0.2) is 11.5 Å². The number of carbonyl (C=O) groups is 2. The van der Waals surface area contributed by atoms with Crippen molar-refractivity contribution < 1.29 is 19.1 Å². The Morgan fingerprint density at radius 1 is 1.28 bits per heavy atom. The van der Waals surface area contributed by atoms with Gasteiger partial charge in [-0.25, -0.2) is 4.79 Å². The number of hydrogen-bond acceptors (Lipinski definition) is 4. The lowest BCUT2D eigenvalue weighted by Gasteiger charge is -2.12. The molecule has 0 aromatic heterocycles. The summed E-state index contributed by atoms with van der Waals surface area (Å²) in [6.45, 7) is 2.30. The van der Waals surface area contributed by atoms with E-state index in [2.05, 4.69) is 33.8 Å². The van der Waals surface area contributed by atoms with E-state index in [1.807, 2.05) is 37.3 Å². The molecule has 0 bridgehead atoms. The number of aryl methyl sites for hydroxylation is 1. The molecule has 1 aliphatic heterocycles. The summed E-state index contributed by atoms with van der Waals surface area (Å²) in [6, 6.07) is 10.8. The third-order valence-corrected chi connectivity index (χ3v) is 5.05. The van der Waals surface area contributed by atoms with Crippen molar-refractivity contribution in [2.45, 2.75) is 13.5 Å². The third kappa shape index (κ3) is 4.71. The number of terminal acetylenes is 1. The monoisotopic (exact) mass is 502 g/mol. The second-order valence-electron chi connectivity index (χ2n) is 6.40. The molecule has 0 unspecified atom stereocenters. The van der Waals surface area contributed by atoms with Gasteiger partial charge in [0.25, 0.3) is 5.91 Å². The normalized spacial score (nSPS) is 14.7. The molecule has 1 heterocycles. The van der Waals surface area contributed by atoms with E-state index in [-0.39, 0.29) is 24.8 Å². The lowest BCUT2D eigenvalue weighted by Crippen LogP contribution is -2.30. The van der Waals surface area contributed by atoms with Crippen LogP contribution in [0.1, 0.15) is 16.7 Å². The topological polar surface area (TPSA) is 67.9 Å². The van der Waals surface area contributed by atoms with E-state index in [1.165, 1.54) is 12.0 Å². The second kappa shape index (κ2) is 9.01. The molecule has 1 saturated heterocycles. The van der Waals surface area contributed by atoms with Crippen LogP contribution in [-0.2, 0) is 11.3 Å². The van der Waals surface area contributed by atoms with Crippen LogP contribution in [0.4, 0.5) is 4.79 Å². The van der Waals surface area contributed by atoms with Crippen molar-refractivity contribution in [2.24, 2.45) is 0 Å². The van der Waals surface area contributed by atoms with Gasteiger partial charge in [-0.15, -0.1) is 6.42 Å². The van der Waals surface area contributed by atoms with Crippen LogP contribution in [0.25, 0.3) is 6.08 Å². The van der Waals surface area contributed by atoms with Crippen molar-refractivity contribution in [3.8, 4) is 23.8 Å². The standard InChI is InChI=1S/C22H19IN2O4/c1-4-8-29-20-17(23)10-16(12-19(20)28-3)11-18-21(26)25(22(27)24-18)13-15-7-5-6-14(2)9-15/h1,5-7,9-12H,8,13H2,2-3H3,(H,24,27)/b18-11+. The molecular formula is C22H19IN2O4. The zero-order chi connectivity index (χ0) is 21.0. The number of amides is 3. The van der Waals surface area contributed by atoms with Gasteiger partial charge in [-0.1, -0.05) is 35.7 Å². The maximum Gasteiger partial charge on any atom is 0.329 e. The Morgan fingerprint density at radius 2 is 2.07 bits per heavy atom. The molecule has 2 aromatic carbocycles. The molecule has 0 aliphatic carbocycles. The highest BCUT2D eigenvalue weighted by molar-refractivity contribution is 14.1. The molecule has 1 aliphatic rings. The first-order valence-electron chi connectivity index (χ1n) is 8.77. The van der Waals surface area contributed by atoms with Crippen LogP contribution >= 0.6 is 22.6 Å². The van der Waals surface area contributed by atoms with Gasteiger partial charge in [0.1, 0.15) is 12.3 Å². The van der Waals surface area contributed by atoms with Crippen molar-refractivity contribution in [1.29, 1.82) is 0 Å². The lowest BCUT2D eigenvalue weighted by atomic mass is 10.1. The molecule has 7 heteroatoms. The van der Waals surface area contributed by atoms with E-state index in [9.17, 15) is 9.59 Å². The predicted molar refractivity (Wildman–Crippen MR) is 118 cm³/mol. The van der Waals surface area contributed by atoms with Gasteiger partial charge in [0, 0.05) is 0 Å². The first-order valence-corrected chi connectivity index (χ1v) is 9.84. The Balaban J connectivity index is 1.85. The molecule has 3 rings (SSSR count). The van der Waals surface area contributed by atoms with E-state index in [4.69, 9.17) is 15.9 Å². The van der Waals surface area contributed by atoms with E-state index in [1.54, 1.807) is 12.1 Å². The number of nitrogens with zero attached hydrogens (tertiary/aromatic N) is 1. The Labute approximate surface area is 183 Å². The number of methoxy groups -OCH3 is 1. The van der Waals surface area contributed by atoms with Gasteiger partial charge in [0.2, 0.25) is 0 Å². The van der Waals surface area contributed by atoms with Crippen LogP contribution in [0, 0.1) is 22.8 Å². The van der Waals surface area contributed by atoms with Crippen molar-refractivity contribution >= 4 is 40.6 Å². The maximum atomic E-state index is 12.8. The molecule has 0 atom stereocenters. The van der Waals surface area contributed by atoms with E-state index in [0.717, 1.165) is 14.7 Å². The Bertz CT molecular complexity index is 1040. The quantitative estimate of drug-likeness (QED) is 0.283. The summed E-state index contributed by atoms with van der Waals surface area (Å²) in [5.74, 6) is 3.07. The highest BCUT2D eigenvalue weighted by Crippen LogP contribution is 2.34. The largest absolute Gasteiger partial charge is 0.493 e. The summed E-state index contributed by atoms with van der Waals surface area (Å²) in [5.41, 5.74) is 2.86. The number of halogens is 1. The van der Waals surface area contributed by atoms with E-state index < -0.39 is 6.03 Å². The molecule has 6 nitrogen and oxygen atoms in total. The summed E-state index contributed by atoms with van der Waals surface area (Å²) in [4.78, 5) is 26.3. The number of urea groups is 1. The summed E-state index contributed by atoms with van der Waals surface area (Å²) in [5, 5.41) is 2.64. The lowest BCUT2D eigenvalue weighted by molar-refractivity contribution is -0.123. The van der Waals surface area contributed by atoms with Crippen LogP contribution in [0.15, 0.2) is 42.1 Å². The molecule has 148 valence electrons. The van der Waals surface area contributed by atoms with Gasteiger partial charge in [-0.05, 0) is 58.9 Å². The van der Waals surface area contributed by atoms with Crippen molar-refractivity contribution in [2.75, 3.05) is 13.7 Å². The average Bonchev–Trinajstić information content (AvgIpc) is 2.94. The van der Waals surface area contributed by atoms with Crippen molar-refractivity contribution in [3.05, 3.63) is 62.4 Å². The van der Waals surface area contributed by atoms with Crippen LogP contribution in [0.5, 0.6) is 11.5 Å². The second-order valence-corrected chi connectivity index (χ2v) is 7.56. The zero-order valence-electron chi connectivity index (χ0n) is 16.0. The molecule has 1 N–H and O–H groups in total. The SMILES string of the molecule is C#CCOc1c(I)cc(/C=C2/NC(=O)N(Cc3cccc(C)c3)C2=O)cc1OC. The smallest absolute Gasteiger partial charge is 0.329 e. The molecule has 1 fully saturated rings. The van der Waals surface area contributed by atoms with E-state index in [0.29, 0.717) is 17.1 Å². The molecule has 0 saturated carbocycles. The van der Waals surface area contributed by atoms with Gasteiger partial charge in [-0.3, -0.25) is 9.69 Å².